The van der Waals surface area contributed by atoms with Gasteiger partial charge in [0.05, 0.1) is 12.5 Å². The summed E-state index contributed by atoms with van der Waals surface area (Å²) in [7, 11) is 0. The quantitative estimate of drug-likeness (QED) is 0.526. The lowest BCUT2D eigenvalue weighted by molar-refractivity contribution is -0.146. The van der Waals surface area contributed by atoms with Gasteiger partial charge in [-0.05, 0) is 25.8 Å². The van der Waals surface area contributed by atoms with Crippen molar-refractivity contribution in [3.8, 4) is 0 Å². The monoisotopic (exact) mass is 177 g/mol. The van der Waals surface area contributed by atoms with Crippen LogP contribution in [0.2, 0.25) is 0 Å². The summed E-state index contributed by atoms with van der Waals surface area (Å²) < 4.78 is 4.76. The van der Waals surface area contributed by atoms with Crippen molar-refractivity contribution in [3.05, 3.63) is 6.08 Å². The number of rotatable bonds is 3. The minimum Gasteiger partial charge on any atom is -0.463 e. The first-order chi connectivity index (χ1) is 4.66. The molecule has 0 fully saturated rings. The predicted molar refractivity (Wildman–Crippen MR) is 45.4 cm³/mol. The zero-order valence-corrected chi connectivity index (χ0v) is 7.40. The first-order valence-corrected chi connectivity index (χ1v) is 3.10. The Morgan fingerprint density at radius 2 is 2.27 bits per heavy atom. The molecule has 11 heavy (non-hydrogen) atoms. The van der Waals surface area contributed by atoms with Crippen LogP contribution in [0.1, 0.15) is 20.3 Å². The smallest absolute Gasteiger partial charge is 0.310 e. The standard InChI is InChI=1S/C7H11NO2.ClH/c1-6(2)10-7(9)4-3-5-8;/h3,6,8H,4H2,1-2H3;1H. The van der Waals surface area contributed by atoms with Gasteiger partial charge in [-0.1, -0.05) is 0 Å². The van der Waals surface area contributed by atoms with E-state index in [1.54, 1.807) is 13.8 Å². The highest BCUT2D eigenvalue weighted by Crippen LogP contribution is 1.92. The summed E-state index contributed by atoms with van der Waals surface area (Å²) in [6.45, 7) is 3.57. The van der Waals surface area contributed by atoms with Crippen molar-refractivity contribution in [2.45, 2.75) is 26.4 Å². The highest BCUT2D eigenvalue weighted by molar-refractivity contribution is 5.85. The lowest BCUT2D eigenvalue weighted by atomic mass is 10.4. The van der Waals surface area contributed by atoms with Crippen molar-refractivity contribution < 1.29 is 9.53 Å². The van der Waals surface area contributed by atoms with Crippen molar-refractivity contribution in [1.29, 1.82) is 5.41 Å². The Hall–Kier alpha value is -0.790. The largest absolute Gasteiger partial charge is 0.463 e. The van der Waals surface area contributed by atoms with Crippen LogP contribution in [0, 0.1) is 5.41 Å². The summed E-state index contributed by atoms with van der Waals surface area (Å²) in [5.41, 5.74) is 0. The average Bonchev–Trinajstić information content (AvgIpc) is 1.82. The Morgan fingerprint density at radius 1 is 1.73 bits per heavy atom. The molecule has 0 saturated heterocycles. The second kappa shape index (κ2) is 7.32. The molecule has 0 aliphatic rings. The zero-order chi connectivity index (χ0) is 7.98. The Balaban J connectivity index is 0. The first-order valence-electron chi connectivity index (χ1n) is 3.10. The molecule has 0 rings (SSSR count). The minimum atomic E-state index is -0.310. The molecule has 0 aromatic rings. The van der Waals surface area contributed by atoms with E-state index < -0.39 is 0 Å². The van der Waals surface area contributed by atoms with Gasteiger partial charge in [0.25, 0.3) is 0 Å². The molecule has 0 saturated carbocycles. The number of hydrogen-bond donors (Lipinski definition) is 1. The van der Waals surface area contributed by atoms with Gasteiger partial charge in [0.15, 0.2) is 0 Å². The van der Waals surface area contributed by atoms with E-state index in [1.807, 2.05) is 5.87 Å². The van der Waals surface area contributed by atoms with Crippen molar-refractivity contribution in [1.82, 2.24) is 0 Å². The summed E-state index contributed by atoms with van der Waals surface area (Å²) in [4.78, 5) is 10.6. The molecule has 0 unspecified atom stereocenters. The number of carbonyl (C=O) groups excluding carboxylic acids is 1. The SMILES string of the molecule is CC(C)OC(=O)CC=C=N.Cl. The molecule has 0 heterocycles. The number of carbonyl (C=O) groups is 1. The molecular formula is C7H12ClNO2. The summed E-state index contributed by atoms with van der Waals surface area (Å²) in [5.74, 6) is 1.69. The van der Waals surface area contributed by atoms with Gasteiger partial charge < -0.3 is 4.74 Å². The highest BCUT2D eigenvalue weighted by atomic mass is 35.5. The molecule has 0 aromatic heterocycles. The Labute approximate surface area is 72.4 Å². The molecule has 3 nitrogen and oxygen atoms in total. The second-order valence-corrected chi connectivity index (χ2v) is 2.09. The first kappa shape index (κ1) is 12.8. The van der Waals surface area contributed by atoms with Gasteiger partial charge in [0, 0.05) is 0 Å². The average molecular weight is 178 g/mol. The molecule has 0 bridgehead atoms. The van der Waals surface area contributed by atoms with E-state index in [4.69, 9.17) is 10.1 Å². The van der Waals surface area contributed by atoms with Gasteiger partial charge in [0.1, 0.15) is 0 Å². The molecule has 0 aliphatic heterocycles. The van der Waals surface area contributed by atoms with E-state index in [0.717, 1.165) is 0 Å². The number of esters is 1. The molecule has 0 radical (unpaired) electrons. The normalized spacial score (nSPS) is 7.91. The molecular weight excluding hydrogens is 166 g/mol. The van der Waals surface area contributed by atoms with E-state index in [2.05, 4.69) is 0 Å². The van der Waals surface area contributed by atoms with Crippen molar-refractivity contribution >= 4 is 24.2 Å². The fourth-order valence-corrected chi connectivity index (χ4v) is 0.445. The molecule has 0 amide bonds. The highest BCUT2D eigenvalue weighted by Gasteiger charge is 2.00. The Bertz CT molecular complexity index is 162. The maximum absolute atomic E-state index is 10.6. The van der Waals surface area contributed by atoms with Crippen LogP contribution in [0.4, 0.5) is 0 Å². The van der Waals surface area contributed by atoms with Crippen LogP contribution in [0.25, 0.3) is 0 Å². The van der Waals surface area contributed by atoms with Crippen LogP contribution in [0.15, 0.2) is 6.08 Å². The van der Waals surface area contributed by atoms with E-state index in [-0.39, 0.29) is 30.9 Å². The van der Waals surface area contributed by atoms with Gasteiger partial charge in [-0.2, -0.15) is 0 Å². The predicted octanol–water partition coefficient (Wildman–Crippen LogP) is 1.55. The van der Waals surface area contributed by atoms with Gasteiger partial charge in [0.2, 0.25) is 0 Å². The topological polar surface area (TPSA) is 50.2 Å². The van der Waals surface area contributed by atoms with Gasteiger partial charge in [-0.25, -0.2) is 0 Å². The van der Waals surface area contributed by atoms with E-state index in [9.17, 15) is 4.79 Å². The van der Waals surface area contributed by atoms with Gasteiger partial charge in [-0.3, -0.25) is 10.2 Å². The Morgan fingerprint density at radius 3 is 2.64 bits per heavy atom. The lowest BCUT2D eigenvalue weighted by Crippen LogP contribution is -2.09. The maximum atomic E-state index is 10.6. The van der Waals surface area contributed by atoms with Crippen molar-refractivity contribution in [2.24, 2.45) is 0 Å². The third-order valence-corrected chi connectivity index (χ3v) is 0.738. The molecule has 64 valence electrons. The van der Waals surface area contributed by atoms with Gasteiger partial charge in [-0.15, -0.1) is 12.4 Å². The third-order valence-electron chi connectivity index (χ3n) is 0.738. The molecule has 0 aliphatic carbocycles. The number of hydrogen-bond acceptors (Lipinski definition) is 3. The van der Waals surface area contributed by atoms with Crippen LogP contribution in [-0.4, -0.2) is 17.9 Å². The number of ether oxygens (including phenoxy) is 1. The third kappa shape index (κ3) is 9.21. The van der Waals surface area contributed by atoms with Crippen LogP contribution < -0.4 is 0 Å². The van der Waals surface area contributed by atoms with Crippen LogP contribution in [0.5, 0.6) is 0 Å². The molecule has 0 aromatic carbocycles. The molecule has 1 N–H and O–H groups in total. The fraction of sp³-hybridized carbons (Fsp3) is 0.571. The molecule has 0 atom stereocenters. The lowest BCUT2D eigenvalue weighted by Gasteiger charge is -2.04. The fourth-order valence-electron chi connectivity index (χ4n) is 0.445. The summed E-state index contributed by atoms with van der Waals surface area (Å²) in [6.07, 6.45) is 1.39. The zero-order valence-electron chi connectivity index (χ0n) is 6.59. The summed E-state index contributed by atoms with van der Waals surface area (Å²) in [5, 5.41) is 6.47. The van der Waals surface area contributed by atoms with E-state index in [0.29, 0.717) is 0 Å². The minimum absolute atomic E-state index is 0. The van der Waals surface area contributed by atoms with Crippen LogP contribution in [-0.2, 0) is 9.53 Å². The van der Waals surface area contributed by atoms with Crippen molar-refractivity contribution in [3.63, 3.8) is 0 Å². The Kier molecular flexibility index (Phi) is 8.55. The number of nitrogens with one attached hydrogen (secondary N) is 1. The molecule has 0 spiro atoms. The van der Waals surface area contributed by atoms with E-state index >= 15 is 0 Å². The van der Waals surface area contributed by atoms with Crippen LogP contribution in [0.3, 0.4) is 0 Å². The van der Waals surface area contributed by atoms with Crippen LogP contribution >= 0.6 is 12.4 Å². The second-order valence-electron chi connectivity index (χ2n) is 2.09. The summed E-state index contributed by atoms with van der Waals surface area (Å²) in [6, 6.07) is 0. The maximum Gasteiger partial charge on any atom is 0.310 e. The van der Waals surface area contributed by atoms with E-state index in [1.165, 1.54) is 6.08 Å². The van der Waals surface area contributed by atoms with Gasteiger partial charge >= 0.3 is 5.97 Å². The van der Waals surface area contributed by atoms with Crippen molar-refractivity contribution in [2.75, 3.05) is 0 Å². The molecule has 4 heteroatoms. The summed E-state index contributed by atoms with van der Waals surface area (Å²) >= 11 is 0. The number of halogens is 1.